The standard InChI is InChI=1S/C22H22N6O2S/c1-3-13-27-20(14-30-17-11-9-16(4-2)10-12-17)24-25-22(27)31-15-28-21(29)18-7-5-6-8-19(18)23-26-28/h3,5-12H,1,4,13-15H2,2H3. The van der Waals surface area contributed by atoms with Crippen molar-refractivity contribution in [2.75, 3.05) is 0 Å². The second kappa shape index (κ2) is 9.57. The molecule has 2 heterocycles. The first-order valence-electron chi connectivity index (χ1n) is 9.89. The molecule has 0 fully saturated rings. The molecule has 8 nitrogen and oxygen atoms in total. The van der Waals surface area contributed by atoms with Gasteiger partial charge in [-0.3, -0.25) is 9.36 Å². The third-order valence-corrected chi connectivity index (χ3v) is 5.68. The Kier molecular flexibility index (Phi) is 6.42. The summed E-state index contributed by atoms with van der Waals surface area (Å²) in [6, 6.07) is 15.2. The highest BCUT2D eigenvalue weighted by Gasteiger charge is 2.14. The Morgan fingerprint density at radius 1 is 1.10 bits per heavy atom. The van der Waals surface area contributed by atoms with Crippen LogP contribution in [-0.4, -0.2) is 29.8 Å². The quantitative estimate of drug-likeness (QED) is 0.294. The molecule has 0 N–H and O–H groups in total. The summed E-state index contributed by atoms with van der Waals surface area (Å²) in [7, 11) is 0. The van der Waals surface area contributed by atoms with Crippen LogP contribution in [0.2, 0.25) is 0 Å². The number of ether oxygens (including phenoxy) is 1. The highest BCUT2D eigenvalue weighted by atomic mass is 32.2. The molecule has 0 atom stereocenters. The number of allylic oxidation sites excluding steroid dienone is 1. The molecule has 0 aliphatic heterocycles. The predicted octanol–water partition coefficient (Wildman–Crippen LogP) is 3.46. The van der Waals surface area contributed by atoms with Crippen LogP contribution in [0.5, 0.6) is 5.75 Å². The smallest absolute Gasteiger partial charge is 0.278 e. The Labute approximate surface area is 183 Å². The Hall–Kier alpha value is -3.46. The molecule has 0 aliphatic rings. The topological polar surface area (TPSA) is 87.7 Å². The number of benzene rings is 2. The molecule has 9 heteroatoms. The Morgan fingerprint density at radius 2 is 1.90 bits per heavy atom. The molecule has 4 aromatic rings. The highest BCUT2D eigenvalue weighted by Crippen LogP contribution is 2.20. The van der Waals surface area contributed by atoms with Crippen LogP contribution in [0.25, 0.3) is 10.9 Å². The van der Waals surface area contributed by atoms with Crippen LogP contribution in [0.3, 0.4) is 0 Å². The van der Waals surface area contributed by atoms with Crippen molar-refractivity contribution in [2.24, 2.45) is 0 Å². The molecule has 0 saturated carbocycles. The van der Waals surface area contributed by atoms with E-state index in [1.807, 2.05) is 41.0 Å². The van der Waals surface area contributed by atoms with Gasteiger partial charge in [0.25, 0.3) is 5.56 Å². The molecule has 0 radical (unpaired) electrons. The first-order chi connectivity index (χ1) is 15.2. The van der Waals surface area contributed by atoms with Gasteiger partial charge in [0, 0.05) is 6.54 Å². The maximum atomic E-state index is 12.6. The first kappa shape index (κ1) is 20.8. The molecular weight excluding hydrogens is 412 g/mol. The fraction of sp³-hybridized carbons (Fsp3) is 0.227. The summed E-state index contributed by atoms with van der Waals surface area (Å²) in [4.78, 5) is 12.6. The Balaban J connectivity index is 1.48. The van der Waals surface area contributed by atoms with Crippen LogP contribution in [-0.2, 0) is 25.4 Å². The molecule has 0 amide bonds. The van der Waals surface area contributed by atoms with Gasteiger partial charge >= 0.3 is 0 Å². The van der Waals surface area contributed by atoms with Gasteiger partial charge < -0.3 is 4.74 Å². The van der Waals surface area contributed by atoms with Crippen molar-refractivity contribution in [3.8, 4) is 5.75 Å². The maximum absolute atomic E-state index is 12.6. The van der Waals surface area contributed by atoms with Gasteiger partial charge in [-0.05, 0) is 36.2 Å². The lowest BCUT2D eigenvalue weighted by atomic mass is 10.2. The number of thioether (sulfide) groups is 1. The number of aromatic nitrogens is 6. The summed E-state index contributed by atoms with van der Waals surface area (Å²) in [6.07, 6.45) is 2.76. The van der Waals surface area contributed by atoms with Gasteiger partial charge in [0.1, 0.15) is 17.9 Å². The predicted molar refractivity (Wildman–Crippen MR) is 120 cm³/mol. The van der Waals surface area contributed by atoms with Crippen molar-refractivity contribution in [3.05, 3.63) is 82.9 Å². The van der Waals surface area contributed by atoms with Gasteiger partial charge in [-0.25, -0.2) is 0 Å². The monoisotopic (exact) mass is 434 g/mol. The molecule has 4 rings (SSSR count). The molecule has 0 unspecified atom stereocenters. The van der Waals surface area contributed by atoms with E-state index in [0.717, 1.165) is 12.2 Å². The average Bonchev–Trinajstić information content (AvgIpc) is 3.19. The largest absolute Gasteiger partial charge is 0.486 e. The fourth-order valence-electron chi connectivity index (χ4n) is 3.04. The van der Waals surface area contributed by atoms with Gasteiger partial charge in [-0.1, -0.05) is 54.2 Å². The lowest BCUT2D eigenvalue weighted by molar-refractivity contribution is 0.289. The molecule has 31 heavy (non-hydrogen) atoms. The third kappa shape index (κ3) is 4.66. The minimum absolute atomic E-state index is 0.188. The second-order valence-electron chi connectivity index (χ2n) is 6.77. The summed E-state index contributed by atoms with van der Waals surface area (Å²) in [5.74, 6) is 1.72. The number of aryl methyl sites for hydroxylation is 1. The summed E-state index contributed by atoms with van der Waals surface area (Å²) in [5.41, 5.74) is 1.65. The van der Waals surface area contributed by atoms with Crippen molar-refractivity contribution in [3.63, 3.8) is 0 Å². The average molecular weight is 435 g/mol. The van der Waals surface area contributed by atoms with Crippen molar-refractivity contribution >= 4 is 22.7 Å². The number of hydrogen-bond acceptors (Lipinski definition) is 7. The molecule has 0 saturated heterocycles. The lowest BCUT2D eigenvalue weighted by Crippen LogP contribution is -2.23. The van der Waals surface area contributed by atoms with Crippen LogP contribution in [0.15, 0.2) is 71.1 Å². The third-order valence-electron chi connectivity index (χ3n) is 4.75. The van der Waals surface area contributed by atoms with Crippen LogP contribution < -0.4 is 10.3 Å². The number of rotatable bonds is 9. The van der Waals surface area contributed by atoms with Gasteiger partial charge in [-0.15, -0.1) is 21.9 Å². The zero-order valence-electron chi connectivity index (χ0n) is 17.1. The Morgan fingerprint density at radius 3 is 2.68 bits per heavy atom. The van der Waals surface area contributed by atoms with E-state index in [1.165, 1.54) is 22.0 Å². The van der Waals surface area contributed by atoms with Gasteiger partial charge in [-0.2, -0.15) is 4.68 Å². The zero-order chi connectivity index (χ0) is 21.6. The molecule has 0 aliphatic carbocycles. The first-order valence-corrected chi connectivity index (χ1v) is 10.9. The second-order valence-corrected chi connectivity index (χ2v) is 7.68. The molecule has 0 bridgehead atoms. The number of fused-ring (bicyclic) bond motifs is 1. The minimum atomic E-state index is -0.188. The van der Waals surface area contributed by atoms with Crippen molar-refractivity contribution in [1.29, 1.82) is 0 Å². The Bertz CT molecular complexity index is 1250. The van der Waals surface area contributed by atoms with Crippen LogP contribution in [0.4, 0.5) is 0 Å². The van der Waals surface area contributed by atoms with Gasteiger partial charge in [0.15, 0.2) is 11.0 Å². The molecule has 158 valence electrons. The van der Waals surface area contributed by atoms with E-state index in [1.54, 1.807) is 18.2 Å². The van der Waals surface area contributed by atoms with Crippen molar-refractivity contribution in [1.82, 2.24) is 29.8 Å². The van der Waals surface area contributed by atoms with E-state index < -0.39 is 0 Å². The zero-order valence-corrected chi connectivity index (χ0v) is 18.0. The van der Waals surface area contributed by atoms with Crippen LogP contribution >= 0.6 is 11.8 Å². The molecule has 2 aromatic carbocycles. The minimum Gasteiger partial charge on any atom is -0.486 e. The lowest BCUT2D eigenvalue weighted by Gasteiger charge is -2.10. The van der Waals surface area contributed by atoms with E-state index in [4.69, 9.17) is 4.74 Å². The fourth-order valence-corrected chi connectivity index (χ4v) is 3.88. The highest BCUT2D eigenvalue weighted by molar-refractivity contribution is 7.98. The van der Waals surface area contributed by atoms with Gasteiger partial charge in [0.2, 0.25) is 0 Å². The van der Waals surface area contributed by atoms with E-state index in [-0.39, 0.29) is 18.0 Å². The van der Waals surface area contributed by atoms with Crippen molar-refractivity contribution < 1.29 is 4.74 Å². The SMILES string of the molecule is C=CCn1c(COc2ccc(CC)cc2)nnc1SCn1nnc2ccccc2c1=O. The molecule has 0 spiro atoms. The van der Waals surface area contributed by atoms with E-state index in [0.29, 0.717) is 28.4 Å². The van der Waals surface area contributed by atoms with Crippen LogP contribution in [0, 0.1) is 0 Å². The molecule has 2 aromatic heterocycles. The van der Waals surface area contributed by atoms with Crippen LogP contribution in [0.1, 0.15) is 18.3 Å². The summed E-state index contributed by atoms with van der Waals surface area (Å²) < 4.78 is 9.12. The summed E-state index contributed by atoms with van der Waals surface area (Å²) in [6.45, 7) is 6.74. The summed E-state index contributed by atoms with van der Waals surface area (Å²) >= 11 is 1.36. The maximum Gasteiger partial charge on any atom is 0.278 e. The molecular formula is C22H22N6O2S. The summed E-state index contributed by atoms with van der Waals surface area (Å²) in [5, 5.41) is 17.9. The van der Waals surface area contributed by atoms with E-state index in [9.17, 15) is 4.79 Å². The van der Waals surface area contributed by atoms with Crippen molar-refractivity contribution in [2.45, 2.75) is 37.5 Å². The number of hydrogen-bond donors (Lipinski definition) is 0. The number of nitrogens with zero attached hydrogens (tertiary/aromatic N) is 6. The van der Waals surface area contributed by atoms with Gasteiger partial charge in [0.05, 0.1) is 11.3 Å². The normalized spacial score (nSPS) is 11.0. The van der Waals surface area contributed by atoms with E-state index >= 15 is 0 Å². The van der Waals surface area contributed by atoms with E-state index in [2.05, 4.69) is 34.0 Å².